The maximum Gasteiger partial charge on any atom is 0.220 e. The summed E-state index contributed by atoms with van der Waals surface area (Å²) in [6.07, 6.45) is 1.42. The molecule has 2 N–H and O–H groups in total. The van der Waals surface area contributed by atoms with Gasteiger partial charge >= 0.3 is 0 Å². The second-order valence-corrected chi connectivity index (χ2v) is 4.06. The number of hydrogen-bond donors (Lipinski definition) is 2. The van der Waals surface area contributed by atoms with E-state index in [1.54, 1.807) is 0 Å². The standard InChI is InChI=1S/C14H22N2O2.ClH/c1-3-18-13-7-4-6-12(10-13)11-16-14(17)8-5-9-15-2;/h4,6-7,10,15H,3,5,8-9,11H2,1-2H3,(H,16,17);1H. The summed E-state index contributed by atoms with van der Waals surface area (Å²) in [5.74, 6) is 0.937. The molecular weight excluding hydrogens is 264 g/mol. The van der Waals surface area contributed by atoms with Gasteiger partial charge in [0.05, 0.1) is 6.61 Å². The Morgan fingerprint density at radius 3 is 2.84 bits per heavy atom. The number of rotatable bonds is 8. The number of nitrogens with one attached hydrogen (secondary N) is 2. The third-order valence-electron chi connectivity index (χ3n) is 2.53. The number of hydrogen-bond acceptors (Lipinski definition) is 3. The van der Waals surface area contributed by atoms with E-state index in [1.807, 2.05) is 38.2 Å². The number of benzene rings is 1. The van der Waals surface area contributed by atoms with Gasteiger partial charge in [0.15, 0.2) is 0 Å². The lowest BCUT2D eigenvalue weighted by molar-refractivity contribution is -0.121. The van der Waals surface area contributed by atoms with Crippen LogP contribution in [-0.2, 0) is 11.3 Å². The van der Waals surface area contributed by atoms with Gasteiger partial charge in [-0.15, -0.1) is 12.4 Å². The van der Waals surface area contributed by atoms with Crippen molar-refractivity contribution in [2.75, 3.05) is 20.2 Å². The maximum absolute atomic E-state index is 11.5. The summed E-state index contributed by atoms with van der Waals surface area (Å²) >= 11 is 0. The molecule has 5 heteroatoms. The monoisotopic (exact) mass is 286 g/mol. The van der Waals surface area contributed by atoms with Crippen LogP contribution in [0.2, 0.25) is 0 Å². The lowest BCUT2D eigenvalue weighted by Gasteiger charge is -2.07. The van der Waals surface area contributed by atoms with Crippen molar-refractivity contribution in [1.82, 2.24) is 10.6 Å². The number of amides is 1. The average Bonchev–Trinajstić information content (AvgIpc) is 2.38. The summed E-state index contributed by atoms with van der Waals surface area (Å²) in [5.41, 5.74) is 1.06. The summed E-state index contributed by atoms with van der Waals surface area (Å²) in [6, 6.07) is 7.79. The molecule has 1 amide bonds. The molecule has 1 aromatic rings. The maximum atomic E-state index is 11.5. The van der Waals surface area contributed by atoms with Crippen LogP contribution in [0.3, 0.4) is 0 Å². The van der Waals surface area contributed by atoms with Crippen molar-refractivity contribution < 1.29 is 9.53 Å². The Bertz CT molecular complexity index is 372. The summed E-state index contributed by atoms with van der Waals surface area (Å²) in [7, 11) is 1.89. The zero-order chi connectivity index (χ0) is 13.2. The van der Waals surface area contributed by atoms with E-state index in [1.165, 1.54) is 0 Å². The van der Waals surface area contributed by atoms with Crippen LogP contribution in [0.5, 0.6) is 5.75 Å². The van der Waals surface area contributed by atoms with Crippen molar-refractivity contribution in [3.05, 3.63) is 29.8 Å². The molecule has 0 saturated heterocycles. The van der Waals surface area contributed by atoms with Gasteiger partial charge in [0.2, 0.25) is 5.91 Å². The van der Waals surface area contributed by atoms with Gasteiger partial charge in [-0.3, -0.25) is 4.79 Å². The Kier molecular flexibility index (Phi) is 9.94. The smallest absolute Gasteiger partial charge is 0.220 e. The molecule has 0 fully saturated rings. The number of ether oxygens (including phenoxy) is 1. The van der Waals surface area contributed by atoms with Gasteiger partial charge in [0.25, 0.3) is 0 Å². The molecule has 0 heterocycles. The van der Waals surface area contributed by atoms with Crippen LogP contribution in [0.25, 0.3) is 0 Å². The van der Waals surface area contributed by atoms with Crippen molar-refractivity contribution in [3.8, 4) is 5.75 Å². The molecule has 0 aliphatic rings. The van der Waals surface area contributed by atoms with Crippen LogP contribution in [0.4, 0.5) is 0 Å². The van der Waals surface area contributed by atoms with Gasteiger partial charge < -0.3 is 15.4 Å². The Morgan fingerprint density at radius 2 is 2.16 bits per heavy atom. The molecule has 0 aliphatic carbocycles. The third kappa shape index (κ3) is 7.70. The summed E-state index contributed by atoms with van der Waals surface area (Å²) < 4.78 is 5.41. The molecule has 0 bridgehead atoms. The molecular formula is C14H23ClN2O2. The first kappa shape index (κ1) is 17.7. The quantitative estimate of drug-likeness (QED) is 0.720. The number of halogens is 1. The van der Waals surface area contributed by atoms with Crippen LogP contribution in [0.15, 0.2) is 24.3 Å². The minimum Gasteiger partial charge on any atom is -0.494 e. The van der Waals surface area contributed by atoms with Crippen LogP contribution in [0.1, 0.15) is 25.3 Å². The molecule has 0 radical (unpaired) electrons. The highest BCUT2D eigenvalue weighted by Crippen LogP contribution is 2.12. The third-order valence-corrected chi connectivity index (χ3v) is 2.53. The van der Waals surface area contributed by atoms with E-state index >= 15 is 0 Å². The zero-order valence-electron chi connectivity index (χ0n) is 11.6. The summed E-state index contributed by atoms with van der Waals surface area (Å²) in [4.78, 5) is 11.5. The van der Waals surface area contributed by atoms with Crippen LogP contribution >= 0.6 is 12.4 Å². The largest absolute Gasteiger partial charge is 0.494 e. The molecule has 0 saturated carbocycles. The van der Waals surface area contributed by atoms with Crippen molar-refractivity contribution >= 4 is 18.3 Å². The molecule has 1 aromatic carbocycles. The molecule has 0 aliphatic heterocycles. The minimum absolute atomic E-state index is 0. The Labute approximate surface area is 121 Å². The number of carbonyl (C=O) groups excluding carboxylic acids is 1. The van der Waals surface area contributed by atoms with Crippen LogP contribution < -0.4 is 15.4 Å². The first-order valence-electron chi connectivity index (χ1n) is 6.39. The van der Waals surface area contributed by atoms with Gasteiger partial charge in [-0.25, -0.2) is 0 Å². The molecule has 108 valence electrons. The van der Waals surface area contributed by atoms with E-state index in [0.717, 1.165) is 24.3 Å². The highest BCUT2D eigenvalue weighted by Gasteiger charge is 2.01. The molecule has 4 nitrogen and oxygen atoms in total. The van der Waals surface area contributed by atoms with E-state index in [0.29, 0.717) is 19.6 Å². The predicted molar refractivity (Wildman–Crippen MR) is 79.9 cm³/mol. The lowest BCUT2D eigenvalue weighted by atomic mass is 10.2. The van der Waals surface area contributed by atoms with Crippen LogP contribution in [0, 0.1) is 0 Å². The van der Waals surface area contributed by atoms with Gasteiger partial charge in [-0.05, 0) is 44.6 Å². The van der Waals surface area contributed by atoms with Crippen molar-refractivity contribution in [2.45, 2.75) is 26.3 Å². The minimum atomic E-state index is 0. The summed E-state index contributed by atoms with van der Waals surface area (Å²) in [5, 5.41) is 5.93. The highest BCUT2D eigenvalue weighted by atomic mass is 35.5. The van der Waals surface area contributed by atoms with Crippen LogP contribution in [-0.4, -0.2) is 26.1 Å². The lowest BCUT2D eigenvalue weighted by Crippen LogP contribution is -2.23. The van der Waals surface area contributed by atoms with Gasteiger partial charge in [-0.1, -0.05) is 12.1 Å². The normalized spacial score (nSPS) is 9.58. The first-order chi connectivity index (χ1) is 8.76. The highest BCUT2D eigenvalue weighted by molar-refractivity contribution is 5.85. The SMILES string of the molecule is CCOc1cccc(CNC(=O)CCCNC)c1.Cl. The molecule has 1 rings (SSSR count). The van der Waals surface area contributed by atoms with Crippen molar-refractivity contribution in [2.24, 2.45) is 0 Å². The van der Waals surface area contributed by atoms with E-state index in [-0.39, 0.29) is 18.3 Å². The molecule has 0 atom stereocenters. The first-order valence-corrected chi connectivity index (χ1v) is 6.39. The fourth-order valence-electron chi connectivity index (χ4n) is 1.63. The van der Waals surface area contributed by atoms with E-state index in [2.05, 4.69) is 10.6 Å². The Balaban J connectivity index is 0.00000324. The fourth-order valence-corrected chi connectivity index (χ4v) is 1.63. The molecule has 0 spiro atoms. The number of carbonyl (C=O) groups is 1. The second kappa shape index (κ2) is 10.6. The topological polar surface area (TPSA) is 50.4 Å². The zero-order valence-corrected chi connectivity index (χ0v) is 12.4. The predicted octanol–water partition coefficient (Wildman–Crippen LogP) is 2.12. The van der Waals surface area contributed by atoms with E-state index in [9.17, 15) is 4.79 Å². The Hall–Kier alpha value is -1.26. The van der Waals surface area contributed by atoms with E-state index < -0.39 is 0 Å². The molecule has 0 unspecified atom stereocenters. The second-order valence-electron chi connectivity index (χ2n) is 4.06. The van der Waals surface area contributed by atoms with Gasteiger partial charge in [-0.2, -0.15) is 0 Å². The van der Waals surface area contributed by atoms with Gasteiger partial charge in [0.1, 0.15) is 5.75 Å². The van der Waals surface area contributed by atoms with Gasteiger partial charge in [0, 0.05) is 13.0 Å². The molecule has 19 heavy (non-hydrogen) atoms. The summed E-state index contributed by atoms with van der Waals surface area (Å²) in [6.45, 7) is 4.03. The fraction of sp³-hybridized carbons (Fsp3) is 0.500. The average molecular weight is 287 g/mol. The Morgan fingerprint density at radius 1 is 1.37 bits per heavy atom. The van der Waals surface area contributed by atoms with Crippen molar-refractivity contribution in [1.29, 1.82) is 0 Å². The van der Waals surface area contributed by atoms with E-state index in [4.69, 9.17) is 4.74 Å². The van der Waals surface area contributed by atoms with Crippen molar-refractivity contribution in [3.63, 3.8) is 0 Å². The molecule has 0 aromatic heterocycles.